The normalized spacial score (nSPS) is 10.6. The van der Waals surface area contributed by atoms with Crippen LogP contribution in [0.25, 0.3) is 11.4 Å². The fourth-order valence-corrected chi connectivity index (χ4v) is 2.72. The Balaban J connectivity index is 1.53. The molecule has 0 bridgehead atoms. The summed E-state index contributed by atoms with van der Waals surface area (Å²) in [6.07, 6.45) is 1.58. The zero-order valence-electron chi connectivity index (χ0n) is 15.8. The lowest BCUT2D eigenvalue weighted by atomic mass is 10.1. The highest BCUT2D eigenvalue weighted by Gasteiger charge is 2.11. The second-order valence-corrected chi connectivity index (χ2v) is 6.46. The highest BCUT2D eigenvalue weighted by molar-refractivity contribution is 5.91. The Kier molecular flexibility index (Phi) is 5.86. The lowest BCUT2D eigenvalue weighted by molar-refractivity contribution is -0.116. The van der Waals surface area contributed by atoms with Crippen LogP contribution in [0.2, 0.25) is 0 Å². The van der Waals surface area contributed by atoms with Crippen molar-refractivity contribution in [1.29, 1.82) is 0 Å². The van der Waals surface area contributed by atoms with Gasteiger partial charge in [-0.05, 0) is 49.6 Å². The lowest BCUT2D eigenvalue weighted by Crippen LogP contribution is -2.12. The molecule has 3 rings (SSSR count). The van der Waals surface area contributed by atoms with Crippen LogP contribution in [0.4, 0.5) is 5.69 Å². The molecule has 1 N–H and O–H groups in total. The maximum absolute atomic E-state index is 12.2. The Bertz CT molecular complexity index is 934. The number of ether oxygens (including phenoxy) is 1. The Labute approximate surface area is 158 Å². The minimum absolute atomic E-state index is 0.0174. The van der Waals surface area contributed by atoms with Gasteiger partial charge in [-0.25, -0.2) is 0 Å². The maximum Gasteiger partial charge on any atom is 0.226 e. The van der Waals surface area contributed by atoms with Gasteiger partial charge in [0.15, 0.2) is 0 Å². The highest BCUT2D eigenvalue weighted by atomic mass is 16.5. The molecule has 1 heterocycles. The molecular weight excluding hydrogens is 342 g/mol. The molecule has 27 heavy (non-hydrogen) atoms. The second-order valence-electron chi connectivity index (χ2n) is 6.46. The molecule has 1 amide bonds. The molecule has 0 aliphatic rings. The Hall–Kier alpha value is -3.15. The number of methoxy groups -OCH3 is 1. The number of aryl methyl sites for hydroxylation is 3. The maximum atomic E-state index is 12.2. The van der Waals surface area contributed by atoms with Gasteiger partial charge in [-0.3, -0.25) is 4.79 Å². The SMILES string of the molecule is COc1cccc(-c2noc(CCCC(=O)Nc3cc(C)ccc3C)n2)c1. The lowest BCUT2D eigenvalue weighted by Gasteiger charge is -2.08. The van der Waals surface area contributed by atoms with Crippen molar-refractivity contribution in [2.24, 2.45) is 0 Å². The fourth-order valence-electron chi connectivity index (χ4n) is 2.72. The molecule has 0 spiro atoms. The summed E-state index contributed by atoms with van der Waals surface area (Å²) >= 11 is 0. The van der Waals surface area contributed by atoms with E-state index in [1.54, 1.807) is 7.11 Å². The van der Waals surface area contributed by atoms with Crippen LogP contribution in [0.1, 0.15) is 29.9 Å². The Morgan fingerprint density at radius 2 is 2.04 bits per heavy atom. The largest absolute Gasteiger partial charge is 0.497 e. The van der Waals surface area contributed by atoms with Crippen molar-refractivity contribution >= 4 is 11.6 Å². The smallest absolute Gasteiger partial charge is 0.226 e. The molecule has 0 unspecified atom stereocenters. The van der Waals surface area contributed by atoms with Crippen molar-refractivity contribution in [3.8, 4) is 17.1 Å². The number of nitrogens with one attached hydrogen (secondary N) is 1. The molecule has 0 saturated heterocycles. The van der Waals surface area contributed by atoms with E-state index >= 15 is 0 Å². The molecule has 0 atom stereocenters. The molecule has 6 nitrogen and oxygen atoms in total. The van der Waals surface area contributed by atoms with Crippen LogP contribution >= 0.6 is 0 Å². The minimum Gasteiger partial charge on any atom is -0.497 e. The molecule has 3 aromatic rings. The first-order valence-electron chi connectivity index (χ1n) is 8.89. The predicted octanol–water partition coefficient (Wildman–Crippen LogP) is 4.32. The number of carbonyl (C=O) groups is 1. The number of rotatable bonds is 7. The summed E-state index contributed by atoms with van der Waals surface area (Å²) in [4.78, 5) is 16.6. The molecule has 140 valence electrons. The van der Waals surface area contributed by atoms with Gasteiger partial charge in [-0.1, -0.05) is 29.4 Å². The second kappa shape index (κ2) is 8.49. The van der Waals surface area contributed by atoms with Crippen LogP contribution in [0, 0.1) is 13.8 Å². The van der Waals surface area contributed by atoms with Crippen LogP contribution in [-0.2, 0) is 11.2 Å². The third-order valence-electron chi connectivity index (χ3n) is 4.26. The van der Waals surface area contributed by atoms with E-state index in [0.717, 1.165) is 28.1 Å². The van der Waals surface area contributed by atoms with Gasteiger partial charge in [0.25, 0.3) is 0 Å². The van der Waals surface area contributed by atoms with Gasteiger partial charge in [0.2, 0.25) is 17.6 Å². The summed E-state index contributed by atoms with van der Waals surface area (Å²) in [7, 11) is 1.62. The van der Waals surface area contributed by atoms with Gasteiger partial charge >= 0.3 is 0 Å². The van der Waals surface area contributed by atoms with E-state index in [9.17, 15) is 4.79 Å². The summed E-state index contributed by atoms with van der Waals surface area (Å²) in [6.45, 7) is 3.98. The topological polar surface area (TPSA) is 77.2 Å². The number of anilines is 1. The van der Waals surface area contributed by atoms with Crippen molar-refractivity contribution < 1.29 is 14.1 Å². The number of hydrogen-bond acceptors (Lipinski definition) is 5. The monoisotopic (exact) mass is 365 g/mol. The van der Waals surface area contributed by atoms with Crippen LogP contribution in [0.15, 0.2) is 47.0 Å². The molecule has 0 aliphatic carbocycles. The van der Waals surface area contributed by atoms with E-state index in [2.05, 4.69) is 15.5 Å². The van der Waals surface area contributed by atoms with Crippen LogP contribution < -0.4 is 10.1 Å². The highest BCUT2D eigenvalue weighted by Crippen LogP contribution is 2.22. The zero-order chi connectivity index (χ0) is 19.2. The van der Waals surface area contributed by atoms with Crippen molar-refractivity contribution in [3.05, 3.63) is 59.5 Å². The summed E-state index contributed by atoms with van der Waals surface area (Å²) in [5, 5.41) is 6.97. The van der Waals surface area contributed by atoms with E-state index in [1.807, 2.05) is 56.3 Å². The molecule has 2 aromatic carbocycles. The van der Waals surface area contributed by atoms with E-state index in [-0.39, 0.29) is 5.91 Å². The summed E-state index contributed by atoms with van der Waals surface area (Å²) in [5.41, 5.74) is 3.86. The average Bonchev–Trinajstić information content (AvgIpc) is 3.14. The number of nitrogens with zero attached hydrogens (tertiary/aromatic N) is 2. The minimum atomic E-state index is -0.0174. The summed E-state index contributed by atoms with van der Waals surface area (Å²) in [6, 6.07) is 13.5. The number of carbonyl (C=O) groups excluding carboxylic acids is 1. The van der Waals surface area contributed by atoms with E-state index in [0.29, 0.717) is 31.0 Å². The predicted molar refractivity (Wildman–Crippen MR) is 104 cm³/mol. The molecule has 1 aromatic heterocycles. The molecular formula is C21H23N3O3. The Morgan fingerprint density at radius 1 is 1.19 bits per heavy atom. The fraction of sp³-hybridized carbons (Fsp3) is 0.286. The molecule has 0 saturated carbocycles. The van der Waals surface area contributed by atoms with Crippen molar-refractivity contribution in [2.45, 2.75) is 33.1 Å². The first-order chi connectivity index (χ1) is 13.0. The van der Waals surface area contributed by atoms with Gasteiger partial charge in [0, 0.05) is 24.1 Å². The van der Waals surface area contributed by atoms with Gasteiger partial charge in [0.05, 0.1) is 7.11 Å². The van der Waals surface area contributed by atoms with Crippen LogP contribution in [0.3, 0.4) is 0 Å². The number of aromatic nitrogens is 2. The summed E-state index contributed by atoms with van der Waals surface area (Å²) < 4.78 is 10.5. The van der Waals surface area contributed by atoms with Gasteiger partial charge in [-0.2, -0.15) is 4.98 Å². The molecule has 0 aliphatic heterocycles. The van der Waals surface area contributed by atoms with Gasteiger partial charge in [-0.15, -0.1) is 0 Å². The Morgan fingerprint density at radius 3 is 2.85 bits per heavy atom. The number of amides is 1. The zero-order valence-corrected chi connectivity index (χ0v) is 15.8. The number of hydrogen-bond donors (Lipinski definition) is 1. The quantitative estimate of drug-likeness (QED) is 0.674. The molecule has 0 fully saturated rings. The molecule has 0 radical (unpaired) electrons. The van der Waals surface area contributed by atoms with Gasteiger partial charge < -0.3 is 14.6 Å². The van der Waals surface area contributed by atoms with Crippen LogP contribution in [0.5, 0.6) is 5.75 Å². The van der Waals surface area contributed by atoms with E-state index < -0.39 is 0 Å². The molecule has 6 heteroatoms. The van der Waals surface area contributed by atoms with Crippen molar-refractivity contribution in [2.75, 3.05) is 12.4 Å². The first kappa shape index (κ1) is 18.6. The standard InChI is InChI=1S/C21H23N3O3/c1-14-10-11-15(2)18(12-14)22-19(25)8-5-9-20-23-21(24-27-20)16-6-4-7-17(13-16)26-3/h4,6-7,10-13H,5,8-9H2,1-3H3,(H,22,25). The van der Waals surface area contributed by atoms with Crippen molar-refractivity contribution in [3.63, 3.8) is 0 Å². The average molecular weight is 365 g/mol. The third kappa shape index (κ3) is 4.94. The van der Waals surface area contributed by atoms with Crippen LogP contribution in [-0.4, -0.2) is 23.2 Å². The third-order valence-corrected chi connectivity index (χ3v) is 4.26. The van der Waals surface area contributed by atoms with Gasteiger partial charge in [0.1, 0.15) is 5.75 Å². The first-order valence-corrected chi connectivity index (χ1v) is 8.89. The number of benzene rings is 2. The summed E-state index contributed by atoms with van der Waals surface area (Å²) in [5.74, 6) is 1.76. The van der Waals surface area contributed by atoms with E-state index in [4.69, 9.17) is 9.26 Å². The van der Waals surface area contributed by atoms with Crippen molar-refractivity contribution in [1.82, 2.24) is 10.1 Å². The van der Waals surface area contributed by atoms with E-state index in [1.165, 1.54) is 0 Å².